The van der Waals surface area contributed by atoms with Crippen molar-refractivity contribution in [1.82, 2.24) is 4.90 Å². The van der Waals surface area contributed by atoms with Gasteiger partial charge >= 0.3 is 0 Å². The van der Waals surface area contributed by atoms with Crippen LogP contribution in [0.15, 0.2) is 18.2 Å². The van der Waals surface area contributed by atoms with Crippen LogP contribution < -0.4 is 0 Å². The lowest BCUT2D eigenvalue weighted by atomic mass is 10.0. The summed E-state index contributed by atoms with van der Waals surface area (Å²) >= 11 is 0. The number of piperidine rings is 1. The first-order valence-corrected chi connectivity index (χ1v) is 5.85. The van der Waals surface area contributed by atoms with Crippen LogP contribution in [0.3, 0.4) is 0 Å². The van der Waals surface area contributed by atoms with Crippen molar-refractivity contribution in [2.24, 2.45) is 0 Å². The smallest absolute Gasteiger partial charge is 0.163 e. The molecule has 0 radical (unpaired) electrons. The highest BCUT2D eigenvalue weighted by molar-refractivity contribution is 5.19. The maximum absolute atomic E-state index is 13.5. The molecule has 1 nitrogen and oxygen atoms in total. The number of likely N-dealkylation sites (tertiary alicyclic amines) is 1. The third kappa shape index (κ3) is 2.40. The first-order valence-electron chi connectivity index (χ1n) is 5.85. The van der Waals surface area contributed by atoms with Crippen LogP contribution in [0, 0.1) is 11.6 Å². The van der Waals surface area contributed by atoms with E-state index in [2.05, 4.69) is 11.8 Å². The van der Waals surface area contributed by atoms with E-state index < -0.39 is 11.6 Å². The molecule has 0 aromatic heterocycles. The van der Waals surface area contributed by atoms with Gasteiger partial charge in [0.15, 0.2) is 11.6 Å². The highest BCUT2D eigenvalue weighted by Crippen LogP contribution is 2.21. The van der Waals surface area contributed by atoms with E-state index in [1.807, 2.05) is 0 Å². The normalized spacial score (nSPS) is 22.3. The molecule has 1 atom stereocenters. The predicted octanol–water partition coefficient (Wildman–Crippen LogP) is 3.34. The molecular formula is C13H17F2N. The molecule has 1 heterocycles. The molecule has 0 N–H and O–H groups in total. The van der Waals surface area contributed by atoms with Crippen molar-refractivity contribution in [1.29, 1.82) is 0 Å². The quantitative estimate of drug-likeness (QED) is 0.746. The minimum Gasteiger partial charge on any atom is -0.296 e. The van der Waals surface area contributed by atoms with Gasteiger partial charge in [0.2, 0.25) is 0 Å². The maximum atomic E-state index is 13.5. The molecule has 3 heteroatoms. The van der Waals surface area contributed by atoms with Crippen molar-refractivity contribution in [3.8, 4) is 0 Å². The van der Waals surface area contributed by atoms with Gasteiger partial charge in [0, 0.05) is 18.2 Å². The molecule has 1 fully saturated rings. The number of halogens is 2. The molecule has 0 spiro atoms. The average Bonchev–Trinajstić information content (AvgIpc) is 2.28. The van der Waals surface area contributed by atoms with Crippen LogP contribution >= 0.6 is 0 Å². The van der Waals surface area contributed by atoms with E-state index in [4.69, 9.17) is 0 Å². The van der Waals surface area contributed by atoms with E-state index in [0.29, 0.717) is 18.2 Å². The molecule has 1 saturated heterocycles. The summed E-state index contributed by atoms with van der Waals surface area (Å²) in [6.45, 7) is 3.65. The number of nitrogens with zero attached hydrogens (tertiary/aromatic N) is 1. The molecule has 1 aromatic carbocycles. The standard InChI is InChI=1S/C13H17F2N/c1-10-5-2-3-8-16(10)9-11-6-4-7-12(14)13(11)15/h4,6-7,10H,2-3,5,8-9H2,1H3. The fourth-order valence-corrected chi connectivity index (χ4v) is 2.28. The zero-order chi connectivity index (χ0) is 11.5. The van der Waals surface area contributed by atoms with E-state index >= 15 is 0 Å². The highest BCUT2D eigenvalue weighted by Gasteiger charge is 2.20. The molecule has 0 bridgehead atoms. The lowest BCUT2D eigenvalue weighted by Crippen LogP contribution is -2.37. The van der Waals surface area contributed by atoms with Gasteiger partial charge in [-0.15, -0.1) is 0 Å². The summed E-state index contributed by atoms with van der Waals surface area (Å²) < 4.78 is 26.5. The van der Waals surface area contributed by atoms with Gasteiger partial charge in [0.1, 0.15) is 0 Å². The first-order chi connectivity index (χ1) is 7.68. The van der Waals surface area contributed by atoms with E-state index in [1.165, 1.54) is 12.5 Å². The van der Waals surface area contributed by atoms with E-state index in [-0.39, 0.29) is 0 Å². The van der Waals surface area contributed by atoms with Gasteiger partial charge in [-0.2, -0.15) is 0 Å². The van der Waals surface area contributed by atoms with Gasteiger partial charge in [-0.3, -0.25) is 4.90 Å². The Morgan fingerprint density at radius 3 is 2.88 bits per heavy atom. The number of hydrogen-bond acceptors (Lipinski definition) is 1. The van der Waals surface area contributed by atoms with Crippen molar-refractivity contribution < 1.29 is 8.78 Å². The Labute approximate surface area is 95.1 Å². The van der Waals surface area contributed by atoms with Crippen molar-refractivity contribution in [3.63, 3.8) is 0 Å². The average molecular weight is 225 g/mol. The van der Waals surface area contributed by atoms with Gasteiger partial charge in [-0.25, -0.2) is 8.78 Å². The second-order valence-electron chi connectivity index (χ2n) is 4.53. The Bertz CT molecular complexity index is 365. The molecule has 88 valence electrons. The van der Waals surface area contributed by atoms with Crippen LogP contribution in [0.1, 0.15) is 31.7 Å². The van der Waals surface area contributed by atoms with E-state index in [0.717, 1.165) is 19.4 Å². The Balaban J connectivity index is 2.10. The van der Waals surface area contributed by atoms with Gasteiger partial charge in [-0.1, -0.05) is 18.6 Å². The third-order valence-electron chi connectivity index (χ3n) is 3.35. The van der Waals surface area contributed by atoms with Crippen LogP contribution in [-0.2, 0) is 6.54 Å². The first kappa shape index (κ1) is 11.5. The Morgan fingerprint density at radius 1 is 1.31 bits per heavy atom. The van der Waals surface area contributed by atoms with Crippen molar-refractivity contribution >= 4 is 0 Å². The van der Waals surface area contributed by atoms with Crippen LogP contribution in [0.25, 0.3) is 0 Å². The summed E-state index contributed by atoms with van der Waals surface area (Å²) in [6, 6.07) is 4.87. The number of rotatable bonds is 2. The number of hydrogen-bond donors (Lipinski definition) is 0. The van der Waals surface area contributed by atoms with Crippen molar-refractivity contribution in [3.05, 3.63) is 35.4 Å². The van der Waals surface area contributed by atoms with Crippen LogP contribution in [0.4, 0.5) is 8.78 Å². The second kappa shape index (κ2) is 4.91. The lowest BCUT2D eigenvalue weighted by molar-refractivity contribution is 0.150. The van der Waals surface area contributed by atoms with Crippen LogP contribution in [0.2, 0.25) is 0 Å². The molecule has 0 amide bonds. The van der Waals surface area contributed by atoms with E-state index in [9.17, 15) is 8.78 Å². The minimum atomic E-state index is -0.748. The minimum absolute atomic E-state index is 0.466. The van der Waals surface area contributed by atoms with Gasteiger partial charge in [0.25, 0.3) is 0 Å². The second-order valence-corrected chi connectivity index (χ2v) is 4.53. The highest BCUT2D eigenvalue weighted by atomic mass is 19.2. The lowest BCUT2D eigenvalue weighted by Gasteiger charge is -2.33. The predicted molar refractivity (Wildman–Crippen MR) is 60.1 cm³/mol. The molecule has 1 aromatic rings. The monoisotopic (exact) mass is 225 g/mol. The summed E-state index contributed by atoms with van der Waals surface area (Å²) in [5.74, 6) is -1.44. The zero-order valence-corrected chi connectivity index (χ0v) is 9.55. The SMILES string of the molecule is CC1CCCCN1Cc1cccc(F)c1F. The molecule has 0 aliphatic carbocycles. The molecular weight excluding hydrogens is 208 g/mol. The summed E-state index contributed by atoms with van der Waals surface area (Å²) in [6.07, 6.45) is 3.54. The maximum Gasteiger partial charge on any atom is 0.163 e. The summed E-state index contributed by atoms with van der Waals surface area (Å²) in [5, 5.41) is 0. The van der Waals surface area contributed by atoms with Gasteiger partial charge in [-0.05, 0) is 32.4 Å². The molecule has 2 rings (SSSR count). The molecule has 1 aliphatic rings. The Morgan fingerprint density at radius 2 is 2.12 bits per heavy atom. The Hall–Kier alpha value is -0.960. The summed E-state index contributed by atoms with van der Waals surface area (Å²) in [4.78, 5) is 2.22. The molecule has 1 unspecified atom stereocenters. The Kier molecular flexibility index (Phi) is 3.54. The fourth-order valence-electron chi connectivity index (χ4n) is 2.28. The topological polar surface area (TPSA) is 3.24 Å². The largest absolute Gasteiger partial charge is 0.296 e. The molecule has 16 heavy (non-hydrogen) atoms. The fraction of sp³-hybridized carbons (Fsp3) is 0.538. The molecule has 1 aliphatic heterocycles. The van der Waals surface area contributed by atoms with Gasteiger partial charge < -0.3 is 0 Å². The summed E-state index contributed by atoms with van der Waals surface area (Å²) in [5.41, 5.74) is 0.466. The van der Waals surface area contributed by atoms with E-state index in [1.54, 1.807) is 12.1 Å². The van der Waals surface area contributed by atoms with Crippen LogP contribution in [-0.4, -0.2) is 17.5 Å². The van der Waals surface area contributed by atoms with Gasteiger partial charge in [0.05, 0.1) is 0 Å². The molecule has 0 saturated carbocycles. The van der Waals surface area contributed by atoms with Crippen molar-refractivity contribution in [2.45, 2.75) is 38.8 Å². The third-order valence-corrected chi connectivity index (χ3v) is 3.35. The summed E-state index contributed by atoms with van der Waals surface area (Å²) in [7, 11) is 0. The van der Waals surface area contributed by atoms with Crippen LogP contribution in [0.5, 0.6) is 0 Å². The zero-order valence-electron chi connectivity index (χ0n) is 9.55. The number of benzene rings is 1. The van der Waals surface area contributed by atoms with Crippen molar-refractivity contribution in [2.75, 3.05) is 6.54 Å².